The van der Waals surface area contributed by atoms with Gasteiger partial charge in [0, 0.05) is 50.9 Å². The van der Waals surface area contributed by atoms with Crippen molar-refractivity contribution >= 4 is 17.6 Å². The van der Waals surface area contributed by atoms with Crippen LogP contribution in [0.15, 0.2) is 29.6 Å². The number of rotatable bonds is 4. The zero-order valence-corrected chi connectivity index (χ0v) is 19.7. The highest BCUT2D eigenvalue weighted by atomic mass is 32.2. The lowest BCUT2D eigenvalue weighted by Crippen LogP contribution is -2.45. The number of hydrogen-bond acceptors (Lipinski definition) is 7. The molecule has 1 aliphatic carbocycles. The first-order valence-corrected chi connectivity index (χ1v) is 13.0. The number of thioether (sulfide) groups is 1. The zero-order chi connectivity index (χ0) is 21.2. The highest BCUT2D eigenvalue weighted by molar-refractivity contribution is 7.98. The second kappa shape index (κ2) is 9.43. The average molecular weight is 439 g/mol. The van der Waals surface area contributed by atoms with Crippen molar-refractivity contribution in [3.05, 3.63) is 41.3 Å². The maximum absolute atomic E-state index is 4.98. The predicted octanol–water partition coefficient (Wildman–Crippen LogP) is 3.60. The zero-order valence-electron chi connectivity index (χ0n) is 18.8. The molecule has 0 saturated carbocycles. The molecule has 5 rings (SSSR count). The van der Waals surface area contributed by atoms with Crippen LogP contribution in [0.2, 0.25) is 0 Å². The molecule has 0 bridgehead atoms. The number of nitrogens with zero attached hydrogens (tertiary/aromatic N) is 6. The third-order valence-corrected chi connectivity index (χ3v) is 7.75. The Labute approximate surface area is 190 Å². The summed E-state index contributed by atoms with van der Waals surface area (Å²) >= 11 is 1.66. The van der Waals surface area contributed by atoms with Gasteiger partial charge in [0.25, 0.3) is 0 Å². The molecule has 7 heteroatoms. The lowest BCUT2D eigenvalue weighted by molar-refractivity contribution is 0.130. The van der Waals surface area contributed by atoms with E-state index >= 15 is 0 Å². The predicted molar refractivity (Wildman–Crippen MR) is 127 cm³/mol. The Morgan fingerprint density at radius 3 is 2.74 bits per heavy atom. The van der Waals surface area contributed by atoms with Gasteiger partial charge in [0.05, 0.1) is 17.4 Å². The largest absolute Gasteiger partial charge is 0.354 e. The van der Waals surface area contributed by atoms with Gasteiger partial charge in [-0.3, -0.25) is 9.88 Å². The molecule has 0 spiro atoms. The summed E-state index contributed by atoms with van der Waals surface area (Å²) in [6, 6.07) is 7.11. The summed E-state index contributed by atoms with van der Waals surface area (Å²) in [6.07, 6.45) is 10.2. The topological polar surface area (TPSA) is 48.4 Å². The molecule has 0 unspecified atom stereocenters. The smallest absolute Gasteiger partial charge is 0.189 e. The standard InChI is InChI=1S/C24H34N6S/c1-28-12-14-29(15-13-28)22-16-20(26-24(27-22)31-2)19-8-5-11-30(17-19)21-9-3-6-18-7-4-10-25-23(18)21/h4,7,10,16,19,21H,3,5-6,8-9,11-15,17H2,1-2H3/t19-,21-/m1/s1. The number of aromatic nitrogens is 3. The van der Waals surface area contributed by atoms with Gasteiger partial charge in [0.15, 0.2) is 5.16 Å². The van der Waals surface area contributed by atoms with E-state index in [-0.39, 0.29) is 0 Å². The minimum atomic E-state index is 0.465. The molecule has 0 amide bonds. The van der Waals surface area contributed by atoms with Crippen LogP contribution >= 0.6 is 11.8 Å². The number of piperidine rings is 1. The van der Waals surface area contributed by atoms with Crippen LogP contribution in [-0.2, 0) is 6.42 Å². The number of anilines is 1. The minimum absolute atomic E-state index is 0.465. The van der Waals surface area contributed by atoms with Crippen molar-refractivity contribution < 1.29 is 0 Å². The molecule has 2 aromatic heterocycles. The van der Waals surface area contributed by atoms with E-state index in [1.807, 2.05) is 6.20 Å². The summed E-state index contributed by atoms with van der Waals surface area (Å²) < 4.78 is 0. The van der Waals surface area contributed by atoms with Crippen molar-refractivity contribution in [1.82, 2.24) is 24.8 Å². The molecule has 3 aliphatic rings. The third-order valence-electron chi connectivity index (χ3n) is 7.20. The first-order chi connectivity index (χ1) is 15.2. The van der Waals surface area contributed by atoms with Gasteiger partial charge in [0.2, 0.25) is 0 Å². The molecule has 4 heterocycles. The van der Waals surface area contributed by atoms with Crippen molar-refractivity contribution in [2.45, 2.75) is 49.2 Å². The monoisotopic (exact) mass is 438 g/mol. The van der Waals surface area contributed by atoms with Gasteiger partial charge >= 0.3 is 0 Å². The number of likely N-dealkylation sites (N-methyl/N-ethyl adjacent to an activating group) is 1. The highest BCUT2D eigenvalue weighted by Gasteiger charge is 2.32. The highest BCUT2D eigenvalue weighted by Crippen LogP contribution is 2.38. The lowest BCUT2D eigenvalue weighted by atomic mass is 9.87. The fraction of sp³-hybridized carbons (Fsp3) is 0.625. The SMILES string of the molecule is CSc1nc([C@@H]2CCCN([C@@H]3CCCc4cccnc43)C2)cc(N2CCN(C)CC2)n1. The fourth-order valence-electron chi connectivity index (χ4n) is 5.40. The Kier molecular flexibility index (Phi) is 6.44. The number of aryl methyl sites for hydroxylation is 1. The van der Waals surface area contributed by atoms with Crippen LogP contribution in [0.4, 0.5) is 5.82 Å². The molecule has 0 aromatic carbocycles. The minimum Gasteiger partial charge on any atom is -0.354 e. The van der Waals surface area contributed by atoms with Crippen LogP contribution in [-0.4, -0.2) is 77.3 Å². The van der Waals surface area contributed by atoms with E-state index in [0.29, 0.717) is 12.0 Å². The molecule has 2 saturated heterocycles. The first-order valence-electron chi connectivity index (χ1n) is 11.8. The van der Waals surface area contributed by atoms with Crippen molar-refractivity contribution in [3.8, 4) is 0 Å². The van der Waals surface area contributed by atoms with Crippen LogP contribution in [0.1, 0.15) is 54.6 Å². The molecule has 0 radical (unpaired) electrons. The maximum atomic E-state index is 4.98. The summed E-state index contributed by atoms with van der Waals surface area (Å²) in [5, 5.41) is 0.910. The van der Waals surface area contributed by atoms with Crippen molar-refractivity contribution in [3.63, 3.8) is 0 Å². The summed E-state index contributed by atoms with van der Waals surface area (Å²) in [6.45, 7) is 6.53. The van der Waals surface area contributed by atoms with Gasteiger partial charge < -0.3 is 9.80 Å². The van der Waals surface area contributed by atoms with Gasteiger partial charge in [-0.1, -0.05) is 17.8 Å². The Morgan fingerprint density at radius 2 is 1.90 bits per heavy atom. The molecular formula is C24H34N6S. The van der Waals surface area contributed by atoms with Gasteiger partial charge in [-0.05, 0) is 63.6 Å². The van der Waals surface area contributed by atoms with Crippen LogP contribution in [0.3, 0.4) is 0 Å². The molecule has 6 nitrogen and oxygen atoms in total. The number of pyridine rings is 1. The summed E-state index contributed by atoms with van der Waals surface area (Å²) in [4.78, 5) is 22.2. The maximum Gasteiger partial charge on any atom is 0.189 e. The van der Waals surface area contributed by atoms with Crippen molar-refractivity contribution in [2.75, 3.05) is 57.5 Å². The summed E-state index contributed by atoms with van der Waals surface area (Å²) in [7, 11) is 2.20. The van der Waals surface area contributed by atoms with Crippen LogP contribution in [0, 0.1) is 0 Å². The number of likely N-dealkylation sites (tertiary alicyclic amines) is 1. The molecule has 31 heavy (non-hydrogen) atoms. The summed E-state index contributed by atoms with van der Waals surface area (Å²) in [5.74, 6) is 1.59. The molecule has 2 aliphatic heterocycles. The van der Waals surface area contributed by atoms with E-state index < -0.39 is 0 Å². The van der Waals surface area contributed by atoms with Crippen LogP contribution < -0.4 is 4.90 Å². The van der Waals surface area contributed by atoms with E-state index in [4.69, 9.17) is 15.0 Å². The molecule has 2 fully saturated rings. The summed E-state index contributed by atoms with van der Waals surface area (Å²) in [5.41, 5.74) is 4.00. The van der Waals surface area contributed by atoms with Crippen molar-refractivity contribution in [2.24, 2.45) is 0 Å². The molecule has 166 valence electrons. The van der Waals surface area contributed by atoms with E-state index in [1.54, 1.807) is 11.8 Å². The van der Waals surface area contributed by atoms with E-state index in [1.165, 1.54) is 55.6 Å². The molecule has 2 atom stereocenters. The Balaban J connectivity index is 1.37. The van der Waals surface area contributed by atoms with Gasteiger partial charge in [0.1, 0.15) is 5.82 Å². The average Bonchev–Trinajstić information content (AvgIpc) is 2.84. The normalized spacial score (nSPS) is 25.4. The number of piperazine rings is 1. The van der Waals surface area contributed by atoms with E-state index in [0.717, 1.165) is 43.7 Å². The Bertz CT molecular complexity index is 897. The molecule has 0 N–H and O–H groups in total. The number of fused-ring (bicyclic) bond motifs is 1. The number of hydrogen-bond donors (Lipinski definition) is 0. The Hall–Kier alpha value is -1.70. The van der Waals surface area contributed by atoms with E-state index in [9.17, 15) is 0 Å². The fourth-order valence-corrected chi connectivity index (χ4v) is 5.78. The molecule has 2 aromatic rings. The second-order valence-electron chi connectivity index (χ2n) is 9.22. The van der Waals surface area contributed by atoms with Crippen molar-refractivity contribution in [1.29, 1.82) is 0 Å². The third kappa shape index (κ3) is 4.59. The van der Waals surface area contributed by atoms with Crippen LogP contribution in [0.25, 0.3) is 0 Å². The molecular weight excluding hydrogens is 404 g/mol. The lowest BCUT2D eigenvalue weighted by Gasteiger charge is -2.40. The van der Waals surface area contributed by atoms with Crippen LogP contribution in [0.5, 0.6) is 0 Å². The quantitative estimate of drug-likeness (QED) is 0.534. The van der Waals surface area contributed by atoms with Gasteiger partial charge in [-0.2, -0.15) is 0 Å². The second-order valence-corrected chi connectivity index (χ2v) is 9.99. The first kappa shape index (κ1) is 21.2. The van der Waals surface area contributed by atoms with E-state index in [2.05, 4.69) is 46.2 Å². The van der Waals surface area contributed by atoms with Gasteiger partial charge in [-0.15, -0.1) is 0 Å². The van der Waals surface area contributed by atoms with Gasteiger partial charge in [-0.25, -0.2) is 9.97 Å². The Morgan fingerprint density at radius 1 is 1.03 bits per heavy atom.